The molecule has 1 fully saturated rings. The van der Waals surface area contributed by atoms with Crippen LogP contribution in [0.25, 0.3) is 6.08 Å². The molecule has 0 spiro atoms. The fourth-order valence-electron chi connectivity index (χ4n) is 2.01. The van der Waals surface area contributed by atoms with Crippen LogP contribution < -0.4 is 9.47 Å². The molecular formula is C14H16O3. The third-order valence-corrected chi connectivity index (χ3v) is 2.92. The van der Waals surface area contributed by atoms with Crippen molar-refractivity contribution in [3.05, 3.63) is 29.3 Å². The molecule has 17 heavy (non-hydrogen) atoms. The van der Waals surface area contributed by atoms with Gasteiger partial charge in [-0.25, -0.2) is 0 Å². The number of Topliss-reactive ketones (excluding diaryl/α,β-unsaturated/α-hetero) is 1. The van der Waals surface area contributed by atoms with Crippen molar-refractivity contribution < 1.29 is 14.3 Å². The van der Waals surface area contributed by atoms with Crippen molar-refractivity contribution in [1.29, 1.82) is 0 Å². The van der Waals surface area contributed by atoms with Gasteiger partial charge in [0.05, 0.1) is 14.2 Å². The van der Waals surface area contributed by atoms with E-state index in [9.17, 15) is 4.79 Å². The van der Waals surface area contributed by atoms with E-state index in [2.05, 4.69) is 0 Å². The Morgan fingerprint density at radius 3 is 2.18 bits per heavy atom. The minimum absolute atomic E-state index is 0.256. The molecule has 1 aromatic rings. The Hall–Kier alpha value is -1.77. The molecule has 1 saturated carbocycles. The fraction of sp³-hybridized carbons (Fsp3) is 0.357. The van der Waals surface area contributed by atoms with Crippen LogP contribution in [0.3, 0.4) is 0 Å². The smallest absolute Gasteiger partial charge is 0.158 e. The normalized spacial score (nSPS) is 17.5. The van der Waals surface area contributed by atoms with Crippen LogP contribution in [0.4, 0.5) is 0 Å². The molecule has 0 radical (unpaired) electrons. The third kappa shape index (κ3) is 2.67. The first-order chi connectivity index (χ1) is 8.22. The Morgan fingerprint density at radius 2 is 1.71 bits per heavy atom. The molecule has 0 heterocycles. The Bertz CT molecular complexity index is 438. The predicted molar refractivity (Wildman–Crippen MR) is 66.4 cm³/mol. The van der Waals surface area contributed by atoms with Gasteiger partial charge in [-0.1, -0.05) is 0 Å². The lowest BCUT2D eigenvalue weighted by Gasteiger charge is -2.06. The van der Waals surface area contributed by atoms with Gasteiger partial charge in [0, 0.05) is 12.5 Å². The van der Waals surface area contributed by atoms with E-state index >= 15 is 0 Å². The Balaban J connectivity index is 2.34. The van der Waals surface area contributed by atoms with Crippen molar-refractivity contribution in [2.45, 2.75) is 19.3 Å². The maximum atomic E-state index is 11.6. The number of allylic oxidation sites excluding steroid dienone is 1. The summed E-state index contributed by atoms with van der Waals surface area (Å²) in [6, 6.07) is 5.63. The molecule has 0 atom stereocenters. The quantitative estimate of drug-likeness (QED) is 0.752. The molecule has 2 rings (SSSR count). The molecule has 3 heteroatoms. The summed E-state index contributed by atoms with van der Waals surface area (Å²) < 4.78 is 10.4. The minimum Gasteiger partial charge on any atom is -0.497 e. The second-order valence-corrected chi connectivity index (χ2v) is 4.09. The summed E-state index contributed by atoms with van der Waals surface area (Å²) in [4.78, 5) is 11.6. The van der Waals surface area contributed by atoms with Gasteiger partial charge in [0.2, 0.25) is 0 Å². The van der Waals surface area contributed by atoms with Crippen molar-refractivity contribution in [3.8, 4) is 11.5 Å². The molecule has 0 bridgehead atoms. The van der Waals surface area contributed by atoms with Crippen molar-refractivity contribution >= 4 is 11.9 Å². The van der Waals surface area contributed by atoms with E-state index in [0.717, 1.165) is 35.5 Å². The van der Waals surface area contributed by atoms with Crippen LogP contribution in [-0.2, 0) is 4.79 Å². The molecule has 1 aromatic carbocycles. The van der Waals surface area contributed by atoms with E-state index in [1.165, 1.54) is 0 Å². The monoisotopic (exact) mass is 232 g/mol. The van der Waals surface area contributed by atoms with Crippen molar-refractivity contribution in [2.75, 3.05) is 14.2 Å². The number of benzene rings is 1. The number of ether oxygens (including phenoxy) is 2. The molecule has 0 aliphatic heterocycles. The van der Waals surface area contributed by atoms with E-state index in [1.807, 2.05) is 24.3 Å². The zero-order valence-electron chi connectivity index (χ0n) is 10.2. The molecule has 1 aliphatic rings. The standard InChI is InChI=1S/C14H16O3/c1-16-12-7-10(8-13(9-12)17-2)6-11-4-3-5-14(11)15/h6-9H,3-5H2,1-2H3/b11-6+. The van der Waals surface area contributed by atoms with Crippen LogP contribution in [0.2, 0.25) is 0 Å². The number of carbonyl (C=O) groups excluding carboxylic acids is 1. The first-order valence-electron chi connectivity index (χ1n) is 5.70. The lowest BCUT2D eigenvalue weighted by Crippen LogP contribution is -1.92. The topological polar surface area (TPSA) is 35.5 Å². The van der Waals surface area contributed by atoms with E-state index in [1.54, 1.807) is 14.2 Å². The Kier molecular flexibility index (Phi) is 3.47. The summed E-state index contributed by atoms with van der Waals surface area (Å²) in [5.74, 6) is 1.73. The van der Waals surface area contributed by atoms with Gasteiger partial charge in [-0.2, -0.15) is 0 Å². The Morgan fingerprint density at radius 1 is 1.06 bits per heavy atom. The Labute approximate surface area is 101 Å². The number of hydrogen-bond donors (Lipinski definition) is 0. The van der Waals surface area contributed by atoms with Crippen molar-refractivity contribution in [2.24, 2.45) is 0 Å². The zero-order chi connectivity index (χ0) is 12.3. The lowest BCUT2D eigenvalue weighted by atomic mass is 10.1. The summed E-state index contributed by atoms with van der Waals surface area (Å²) in [5.41, 5.74) is 1.85. The highest BCUT2D eigenvalue weighted by Crippen LogP contribution is 2.27. The van der Waals surface area contributed by atoms with Crippen LogP contribution in [0.15, 0.2) is 23.8 Å². The number of methoxy groups -OCH3 is 2. The summed E-state index contributed by atoms with van der Waals surface area (Å²) in [6.45, 7) is 0. The summed E-state index contributed by atoms with van der Waals surface area (Å²) >= 11 is 0. The molecule has 0 aromatic heterocycles. The number of rotatable bonds is 3. The molecule has 90 valence electrons. The van der Waals surface area contributed by atoms with Gasteiger partial charge in [0.15, 0.2) is 5.78 Å². The molecule has 0 saturated heterocycles. The number of ketones is 1. The molecule has 3 nitrogen and oxygen atoms in total. The summed E-state index contributed by atoms with van der Waals surface area (Å²) in [6.07, 6.45) is 4.44. The molecule has 0 unspecified atom stereocenters. The molecule has 1 aliphatic carbocycles. The average Bonchev–Trinajstić information content (AvgIpc) is 2.74. The maximum Gasteiger partial charge on any atom is 0.158 e. The highest BCUT2D eigenvalue weighted by molar-refractivity contribution is 6.01. The largest absolute Gasteiger partial charge is 0.497 e. The third-order valence-electron chi connectivity index (χ3n) is 2.92. The second-order valence-electron chi connectivity index (χ2n) is 4.09. The SMILES string of the molecule is COc1cc(/C=C2\CCCC2=O)cc(OC)c1. The van der Waals surface area contributed by atoms with E-state index in [0.29, 0.717) is 6.42 Å². The van der Waals surface area contributed by atoms with Crippen molar-refractivity contribution in [1.82, 2.24) is 0 Å². The van der Waals surface area contributed by atoms with Gasteiger partial charge in [0.25, 0.3) is 0 Å². The lowest BCUT2D eigenvalue weighted by molar-refractivity contribution is -0.114. The van der Waals surface area contributed by atoms with Gasteiger partial charge in [-0.05, 0) is 42.2 Å². The van der Waals surface area contributed by atoms with E-state index in [4.69, 9.17) is 9.47 Å². The molecule has 0 amide bonds. The zero-order valence-corrected chi connectivity index (χ0v) is 10.2. The van der Waals surface area contributed by atoms with Crippen LogP contribution in [0.5, 0.6) is 11.5 Å². The predicted octanol–water partition coefficient (Wildman–Crippen LogP) is 2.84. The van der Waals surface area contributed by atoms with Gasteiger partial charge in [-0.15, -0.1) is 0 Å². The van der Waals surface area contributed by atoms with Crippen LogP contribution in [-0.4, -0.2) is 20.0 Å². The first kappa shape index (κ1) is 11.7. The van der Waals surface area contributed by atoms with E-state index < -0.39 is 0 Å². The number of hydrogen-bond acceptors (Lipinski definition) is 3. The van der Waals surface area contributed by atoms with Crippen LogP contribution in [0, 0.1) is 0 Å². The summed E-state index contributed by atoms with van der Waals surface area (Å²) in [5, 5.41) is 0. The maximum absolute atomic E-state index is 11.6. The highest BCUT2D eigenvalue weighted by Gasteiger charge is 2.16. The van der Waals surface area contributed by atoms with Crippen molar-refractivity contribution in [3.63, 3.8) is 0 Å². The average molecular weight is 232 g/mol. The summed E-state index contributed by atoms with van der Waals surface area (Å²) in [7, 11) is 3.23. The van der Waals surface area contributed by atoms with Crippen LogP contribution >= 0.6 is 0 Å². The van der Waals surface area contributed by atoms with Gasteiger partial charge >= 0.3 is 0 Å². The van der Waals surface area contributed by atoms with E-state index in [-0.39, 0.29) is 5.78 Å². The van der Waals surface area contributed by atoms with Gasteiger partial charge in [0.1, 0.15) is 11.5 Å². The minimum atomic E-state index is 0.256. The second kappa shape index (κ2) is 5.04. The highest BCUT2D eigenvalue weighted by atomic mass is 16.5. The molecule has 0 N–H and O–H groups in total. The van der Waals surface area contributed by atoms with Crippen LogP contribution in [0.1, 0.15) is 24.8 Å². The number of carbonyl (C=O) groups is 1. The molecular weight excluding hydrogens is 216 g/mol. The first-order valence-corrected chi connectivity index (χ1v) is 5.70. The van der Waals surface area contributed by atoms with Gasteiger partial charge < -0.3 is 9.47 Å². The van der Waals surface area contributed by atoms with Gasteiger partial charge in [-0.3, -0.25) is 4.79 Å². The fourth-order valence-corrected chi connectivity index (χ4v) is 2.01.